The van der Waals surface area contributed by atoms with Crippen LogP contribution in [-0.4, -0.2) is 23.3 Å². The molecule has 82 valence electrons. The van der Waals surface area contributed by atoms with Crippen LogP contribution < -0.4 is 5.32 Å². The van der Waals surface area contributed by atoms with Crippen molar-refractivity contribution in [3.63, 3.8) is 0 Å². The number of hydrogen-bond acceptors (Lipinski definition) is 3. The molecule has 0 saturated carbocycles. The lowest BCUT2D eigenvalue weighted by molar-refractivity contribution is 0.369. The number of rotatable bonds is 1. The average molecular weight is 211 g/mol. The van der Waals surface area contributed by atoms with E-state index in [1.165, 1.54) is 6.07 Å². The van der Waals surface area contributed by atoms with Gasteiger partial charge in [-0.3, -0.25) is 0 Å². The Hall–Kier alpha value is -1.29. The van der Waals surface area contributed by atoms with Crippen LogP contribution in [0.15, 0.2) is 12.1 Å². The van der Waals surface area contributed by atoms with E-state index in [1.54, 1.807) is 6.07 Å². The van der Waals surface area contributed by atoms with E-state index in [2.05, 4.69) is 5.32 Å². The van der Waals surface area contributed by atoms with Gasteiger partial charge < -0.3 is 15.5 Å². The van der Waals surface area contributed by atoms with E-state index in [0.717, 1.165) is 25.9 Å². The van der Waals surface area contributed by atoms with E-state index in [9.17, 15) is 9.50 Å². The first-order valence-corrected chi connectivity index (χ1v) is 5.11. The molecule has 1 saturated heterocycles. The van der Waals surface area contributed by atoms with Gasteiger partial charge >= 0.3 is 0 Å². The molecule has 0 amide bonds. The Morgan fingerprint density at radius 2 is 1.87 bits per heavy atom. The standard InChI is InChI=1S/C11H14FNO2/c12-10-8(1-2-9(14)11(10)15)7-3-5-13-6-4-7/h1-2,7,13-15H,3-6H2. The molecule has 1 aromatic rings. The fraction of sp³-hybridized carbons (Fsp3) is 0.455. The number of phenolic OH excluding ortho intramolecular Hbond substituents is 2. The maximum Gasteiger partial charge on any atom is 0.194 e. The minimum atomic E-state index is -0.679. The molecular formula is C11H14FNO2. The summed E-state index contributed by atoms with van der Waals surface area (Å²) in [7, 11) is 0. The molecule has 0 aromatic heterocycles. The largest absolute Gasteiger partial charge is 0.504 e. The maximum atomic E-state index is 13.6. The van der Waals surface area contributed by atoms with E-state index in [-0.39, 0.29) is 5.92 Å². The molecule has 1 aromatic carbocycles. The Morgan fingerprint density at radius 3 is 2.53 bits per heavy atom. The van der Waals surface area contributed by atoms with Gasteiger partial charge in [0.25, 0.3) is 0 Å². The summed E-state index contributed by atoms with van der Waals surface area (Å²) in [6.45, 7) is 1.73. The number of benzene rings is 1. The molecule has 2 rings (SSSR count). The molecule has 3 nitrogen and oxygen atoms in total. The van der Waals surface area contributed by atoms with Gasteiger partial charge in [-0.2, -0.15) is 0 Å². The summed E-state index contributed by atoms with van der Waals surface area (Å²) < 4.78 is 13.6. The topological polar surface area (TPSA) is 52.5 Å². The van der Waals surface area contributed by atoms with Gasteiger partial charge in [0, 0.05) is 0 Å². The number of piperidine rings is 1. The van der Waals surface area contributed by atoms with Crippen molar-refractivity contribution >= 4 is 0 Å². The average Bonchev–Trinajstić information content (AvgIpc) is 2.27. The Balaban J connectivity index is 2.31. The van der Waals surface area contributed by atoms with Gasteiger partial charge in [0.2, 0.25) is 0 Å². The number of hydrogen-bond donors (Lipinski definition) is 3. The third-order valence-corrected chi connectivity index (χ3v) is 2.90. The Morgan fingerprint density at radius 1 is 1.20 bits per heavy atom. The molecule has 1 aliphatic heterocycles. The quantitative estimate of drug-likeness (QED) is 0.620. The van der Waals surface area contributed by atoms with Gasteiger partial charge in [-0.1, -0.05) is 6.07 Å². The van der Waals surface area contributed by atoms with E-state index < -0.39 is 17.3 Å². The van der Waals surface area contributed by atoms with Gasteiger partial charge in [0.05, 0.1) is 0 Å². The van der Waals surface area contributed by atoms with Crippen LogP contribution in [0.5, 0.6) is 11.5 Å². The van der Waals surface area contributed by atoms with Crippen molar-refractivity contribution in [1.82, 2.24) is 5.32 Å². The lowest BCUT2D eigenvalue weighted by Gasteiger charge is -2.23. The highest BCUT2D eigenvalue weighted by atomic mass is 19.1. The van der Waals surface area contributed by atoms with E-state index >= 15 is 0 Å². The zero-order chi connectivity index (χ0) is 10.8. The summed E-state index contributed by atoms with van der Waals surface area (Å²) in [5.74, 6) is -1.57. The number of halogens is 1. The summed E-state index contributed by atoms with van der Waals surface area (Å²) in [4.78, 5) is 0. The van der Waals surface area contributed by atoms with Crippen molar-refractivity contribution in [2.45, 2.75) is 18.8 Å². The third kappa shape index (κ3) is 1.90. The smallest absolute Gasteiger partial charge is 0.194 e. The number of phenols is 2. The molecule has 1 heterocycles. The van der Waals surface area contributed by atoms with Gasteiger partial charge in [-0.15, -0.1) is 0 Å². The Labute approximate surface area is 87.6 Å². The second kappa shape index (κ2) is 4.06. The third-order valence-electron chi connectivity index (χ3n) is 2.90. The van der Waals surface area contributed by atoms with Gasteiger partial charge in [0.15, 0.2) is 17.3 Å². The molecular weight excluding hydrogens is 197 g/mol. The number of nitrogens with one attached hydrogen (secondary N) is 1. The van der Waals surface area contributed by atoms with Crippen LogP contribution in [0.1, 0.15) is 24.3 Å². The minimum absolute atomic E-state index is 0.137. The lowest BCUT2D eigenvalue weighted by Crippen LogP contribution is -2.27. The maximum absolute atomic E-state index is 13.6. The summed E-state index contributed by atoms with van der Waals surface area (Å²) in [6, 6.07) is 2.90. The first kappa shape index (κ1) is 10.2. The summed E-state index contributed by atoms with van der Waals surface area (Å²) in [6.07, 6.45) is 1.72. The number of aromatic hydroxyl groups is 2. The van der Waals surface area contributed by atoms with Crippen LogP contribution in [0.25, 0.3) is 0 Å². The minimum Gasteiger partial charge on any atom is -0.504 e. The van der Waals surface area contributed by atoms with Gasteiger partial charge in [-0.05, 0) is 43.5 Å². The zero-order valence-corrected chi connectivity index (χ0v) is 8.33. The second-order valence-electron chi connectivity index (χ2n) is 3.86. The Kier molecular flexibility index (Phi) is 2.77. The van der Waals surface area contributed by atoms with Crippen LogP contribution in [-0.2, 0) is 0 Å². The first-order valence-electron chi connectivity index (χ1n) is 5.11. The monoisotopic (exact) mass is 211 g/mol. The summed E-state index contributed by atoms with van der Waals surface area (Å²) in [5, 5.41) is 21.6. The van der Waals surface area contributed by atoms with Crippen molar-refractivity contribution < 1.29 is 14.6 Å². The van der Waals surface area contributed by atoms with Crippen LogP contribution in [0.3, 0.4) is 0 Å². The lowest BCUT2D eigenvalue weighted by atomic mass is 9.89. The highest BCUT2D eigenvalue weighted by molar-refractivity contribution is 5.43. The second-order valence-corrected chi connectivity index (χ2v) is 3.86. The molecule has 0 unspecified atom stereocenters. The molecule has 0 radical (unpaired) electrons. The predicted molar refractivity (Wildman–Crippen MR) is 54.6 cm³/mol. The summed E-state index contributed by atoms with van der Waals surface area (Å²) in [5.41, 5.74) is 0.506. The van der Waals surface area contributed by atoms with Crippen LogP contribution in [0.4, 0.5) is 4.39 Å². The first-order chi connectivity index (χ1) is 7.20. The normalized spacial score (nSPS) is 17.9. The Bertz CT molecular complexity index is 362. The molecule has 3 N–H and O–H groups in total. The molecule has 0 aliphatic carbocycles. The molecule has 1 fully saturated rings. The van der Waals surface area contributed by atoms with Crippen molar-refractivity contribution in [2.75, 3.05) is 13.1 Å². The molecule has 1 aliphatic rings. The van der Waals surface area contributed by atoms with Crippen LogP contribution in [0.2, 0.25) is 0 Å². The van der Waals surface area contributed by atoms with E-state index in [0.29, 0.717) is 5.56 Å². The van der Waals surface area contributed by atoms with Crippen molar-refractivity contribution in [3.8, 4) is 11.5 Å². The fourth-order valence-corrected chi connectivity index (χ4v) is 2.02. The molecule has 0 atom stereocenters. The van der Waals surface area contributed by atoms with Crippen LogP contribution in [0, 0.1) is 5.82 Å². The van der Waals surface area contributed by atoms with E-state index in [1.807, 2.05) is 0 Å². The van der Waals surface area contributed by atoms with Gasteiger partial charge in [0.1, 0.15) is 0 Å². The van der Waals surface area contributed by atoms with Crippen LogP contribution >= 0.6 is 0 Å². The van der Waals surface area contributed by atoms with Gasteiger partial charge in [-0.25, -0.2) is 4.39 Å². The molecule has 0 spiro atoms. The van der Waals surface area contributed by atoms with Crippen molar-refractivity contribution in [2.24, 2.45) is 0 Å². The highest BCUT2D eigenvalue weighted by Crippen LogP contribution is 2.35. The zero-order valence-electron chi connectivity index (χ0n) is 8.33. The SMILES string of the molecule is Oc1ccc(C2CCNCC2)c(F)c1O. The van der Waals surface area contributed by atoms with Crippen molar-refractivity contribution in [3.05, 3.63) is 23.5 Å². The molecule has 15 heavy (non-hydrogen) atoms. The predicted octanol–water partition coefficient (Wildman–Crippen LogP) is 1.70. The fourth-order valence-electron chi connectivity index (χ4n) is 2.02. The highest BCUT2D eigenvalue weighted by Gasteiger charge is 2.21. The summed E-state index contributed by atoms with van der Waals surface area (Å²) >= 11 is 0. The molecule has 0 bridgehead atoms. The van der Waals surface area contributed by atoms with Crippen molar-refractivity contribution in [1.29, 1.82) is 0 Å². The molecule has 4 heteroatoms. The van der Waals surface area contributed by atoms with E-state index in [4.69, 9.17) is 5.11 Å².